The van der Waals surface area contributed by atoms with Gasteiger partial charge in [-0.2, -0.15) is 5.10 Å². The van der Waals surface area contributed by atoms with Gasteiger partial charge in [-0.25, -0.2) is 5.43 Å². The van der Waals surface area contributed by atoms with Crippen LogP contribution in [0.25, 0.3) is 0 Å². The Morgan fingerprint density at radius 1 is 1.59 bits per heavy atom. The zero-order chi connectivity index (χ0) is 12.3. The highest BCUT2D eigenvalue weighted by molar-refractivity contribution is 7.09. The lowest BCUT2D eigenvalue weighted by Crippen LogP contribution is -2.37. The largest absolute Gasteiger partial charge is 0.335 e. The van der Waals surface area contributed by atoms with Crippen molar-refractivity contribution in [3.63, 3.8) is 0 Å². The summed E-state index contributed by atoms with van der Waals surface area (Å²) in [5.41, 5.74) is 2.75. The van der Waals surface area contributed by atoms with Gasteiger partial charge in [0.25, 0.3) is 5.91 Å². The summed E-state index contributed by atoms with van der Waals surface area (Å²) < 4.78 is 0. The van der Waals surface area contributed by atoms with E-state index >= 15 is 0 Å². The standard InChI is InChI=1S/C11H13N3O2S/c1-14(7-8-3-2-6-17-8)11(16)9-4-5-10(15)13-12-9/h2-3,6H,4-5,7H2,1H3,(H,13,15). The summed E-state index contributed by atoms with van der Waals surface area (Å²) in [7, 11) is 1.74. The van der Waals surface area contributed by atoms with Gasteiger partial charge in [-0.15, -0.1) is 11.3 Å². The van der Waals surface area contributed by atoms with Crippen LogP contribution in [0.1, 0.15) is 17.7 Å². The summed E-state index contributed by atoms with van der Waals surface area (Å²) in [6, 6.07) is 3.94. The van der Waals surface area contributed by atoms with E-state index in [4.69, 9.17) is 0 Å². The van der Waals surface area contributed by atoms with Gasteiger partial charge < -0.3 is 4.90 Å². The molecule has 17 heavy (non-hydrogen) atoms. The van der Waals surface area contributed by atoms with Crippen molar-refractivity contribution >= 4 is 28.9 Å². The predicted molar refractivity (Wildman–Crippen MR) is 65.6 cm³/mol. The fraction of sp³-hybridized carbons (Fsp3) is 0.364. The highest BCUT2D eigenvalue weighted by Crippen LogP contribution is 2.12. The van der Waals surface area contributed by atoms with Gasteiger partial charge in [-0.3, -0.25) is 9.59 Å². The van der Waals surface area contributed by atoms with Crippen molar-refractivity contribution in [2.24, 2.45) is 5.10 Å². The molecule has 2 rings (SSSR count). The van der Waals surface area contributed by atoms with Crippen LogP contribution in [0.4, 0.5) is 0 Å². The number of amides is 2. The van der Waals surface area contributed by atoms with Gasteiger partial charge in [0, 0.05) is 24.8 Å². The van der Waals surface area contributed by atoms with Crippen LogP contribution < -0.4 is 5.43 Å². The van der Waals surface area contributed by atoms with Crippen molar-refractivity contribution in [2.45, 2.75) is 19.4 Å². The Hall–Kier alpha value is -1.69. The monoisotopic (exact) mass is 251 g/mol. The Bertz CT molecular complexity index is 453. The van der Waals surface area contributed by atoms with Crippen LogP contribution in [0.2, 0.25) is 0 Å². The molecule has 1 aromatic heterocycles. The molecule has 0 unspecified atom stereocenters. The summed E-state index contributed by atoms with van der Waals surface area (Å²) in [5, 5.41) is 5.77. The van der Waals surface area contributed by atoms with E-state index in [0.717, 1.165) is 4.88 Å². The van der Waals surface area contributed by atoms with Crippen LogP contribution in [0, 0.1) is 0 Å². The number of hydrazone groups is 1. The van der Waals surface area contributed by atoms with Gasteiger partial charge in [0.2, 0.25) is 5.91 Å². The molecule has 5 nitrogen and oxygen atoms in total. The van der Waals surface area contributed by atoms with E-state index in [2.05, 4.69) is 10.5 Å². The summed E-state index contributed by atoms with van der Waals surface area (Å²) in [5.74, 6) is -0.263. The zero-order valence-corrected chi connectivity index (χ0v) is 10.3. The second kappa shape index (κ2) is 5.09. The molecular weight excluding hydrogens is 238 g/mol. The molecule has 90 valence electrons. The quantitative estimate of drug-likeness (QED) is 0.870. The number of hydrogen-bond donors (Lipinski definition) is 1. The predicted octanol–water partition coefficient (Wildman–Crippen LogP) is 0.973. The molecule has 1 aromatic rings. The molecule has 6 heteroatoms. The lowest BCUT2D eigenvalue weighted by atomic mass is 10.1. The van der Waals surface area contributed by atoms with Crippen LogP contribution in [0.3, 0.4) is 0 Å². The topological polar surface area (TPSA) is 61.8 Å². The Morgan fingerprint density at radius 2 is 2.41 bits per heavy atom. The van der Waals surface area contributed by atoms with E-state index in [1.807, 2.05) is 17.5 Å². The summed E-state index contributed by atoms with van der Waals surface area (Å²) >= 11 is 1.61. The third kappa shape index (κ3) is 2.91. The summed E-state index contributed by atoms with van der Waals surface area (Å²) in [4.78, 5) is 25.6. The van der Waals surface area contributed by atoms with Gasteiger partial charge >= 0.3 is 0 Å². The van der Waals surface area contributed by atoms with Crippen molar-refractivity contribution in [1.29, 1.82) is 0 Å². The molecular formula is C11H13N3O2S. The van der Waals surface area contributed by atoms with Crippen LogP contribution in [-0.2, 0) is 16.1 Å². The van der Waals surface area contributed by atoms with Gasteiger partial charge in [-0.05, 0) is 11.4 Å². The van der Waals surface area contributed by atoms with E-state index < -0.39 is 0 Å². The maximum absolute atomic E-state index is 12.0. The first-order valence-electron chi connectivity index (χ1n) is 5.30. The lowest BCUT2D eigenvalue weighted by molar-refractivity contribution is -0.124. The number of carbonyl (C=O) groups excluding carboxylic acids is 2. The van der Waals surface area contributed by atoms with Crippen molar-refractivity contribution in [3.05, 3.63) is 22.4 Å². The fourth-order valence-corrected chi connectivity index (χ4v) is 2.31. The van der Waals surface area contributed by atoms with Crippen LogP contribution in [0.15, 0.2) is 22.6 Å². The highest BCUT2D eigenvalue weighted by atomic mass is 32.1. The third-order valence-electron chi connectivity index (χ3n) is 2.47. The first kappa shape index (κ1) is 11.8. The fourth-order valence-electron chi connectivity index (χ4n) is 1.56. The molecule has 0 bridgehead atoms. The number of carbonyl (C=O) groups is 2. The van der Waals surface area contributed by atoms with Crippen LogP contribution in [-0.4, -0.2) is 29.5 Å². The maximum Gasteiger partial charge on any atom is 0.270 e. The van der Waals surface area contributed by atoms with E-state index in [1.165, 1.54) is 0 Å². The number of hydrogen-bond acceptors (Lipinski definition) is 4. The molecule has 2 heterocycles. The molecule has 1 N–H and O–H groups in total. The Morgan fingerprint density at radius 3 is 3.00 bits per heavy atom. The van der Waals surface area contributed by atoms with E-state index in [-0.39, 0.29) is 11.8 Å². The zero-order valence-electron chi connectivity index (χ0n) is 9.47. The van der Waals surface area contributed by atoms with E-state index in [0.29, 0.717) is 25.1 Å². The van der Waals surface area contributed by atoms with E-state index in [1.54, 1.807) is 23.3 Å². The first-order valence-corrected chi connectivity index (χ1v) is 6.18. The molecule has 0 spiro atoms. The first-order chi connectivity index (χ1) is 8.16. The smallest absolute Gasteiger partial charge is 0.270 e. The second-order valence-corrected chi connectivity index (χ2v) is 4.87. The van der Waals surface area contributed by atoms with Gasteiger partial charge in [0.05, 0.1) is 6.54 Å². The van der Waals surface area contributed by atoms with Gasteiger partial charge in [-0.1, -0.05) is 6.07 Å². The van der Waals surface area contributed by atoms with Crippen molar-refractivity contribution in [3.8, 4) is 0 Å². The molecule has 2 amide bonds. The minimum atomic E-state index is -0.137. The Kier molecular flexibility index (Phi) is 3.53. The molecule has 1 aliphatic rings. The Labute approximate surface area is 103 Å². The van der Waals surface area contributed by atoms with Crippen LogP contribution in [0.5, 0.6) is 0 Å². The normalized spacial score (nSPS) is 15.1. The van der Waals surface area contributed by atoms with Crippen molar-refractivity contribution < 1.29 is 9.59 Å². The number of thiophene rings is 1. The third-order valence-corrected chi connectivity index (χ3v) is 3.33. The molecule has 0 aliphatic carbocycles. The molecule has 0 saturated heterocycles. The average molecular weight is 251 g/mol. The second-order valence-electron chi connectivity index (χ2n) is 3.83. The number of rotatable bonds is 3. The maximum atomic E-state index is 12.0. The molecule has 0 radical (unpaired) electrons. The molecule has 0 saturated carbocycles. The molecule has 1 aliphatic heterocycles. The van der Waals surface area contributed by atoms with Crippen molar-refractivity contribution in [2.75, 3.05) is 7.05 Å². The van der Waals surface area contributed by atoms with Crippen LogP contribution >= 0.6 is 11.3 Å². The minimum Gasteiger partial charge on any atom is -0.335 e. The Balaban J connectivity index is 1.97. The molecule has 0 fully saturated rings. The van der Waals surface area contributed by atoms with Gasteiger partial charge in [0.15, 0.2) is 0 Å². The van der Waals surface area contributed by atoms with Crippen molar-refractivity contribution in [1.82, 2.24) is 10.3 Å². The summed E-state index contributed by atoms with van der Waals surface area (Å²) in [6.45, 7) is 0.573. The van der Waals surface area contributed by atoms with Gasteiger partial charge in [0.1, 0.15) is 5.71 Å². The molecule has 0 atom stereocenters. The average Bonchev–Trinajstić information content (AvgIpc) is 2.82. The SMILES string of the molecule is CN(Cc1cccs1)C(=O)C1=NNC(=O)CC1. The highest BCUT2D eigenvalue weighted by Gasteiger charge is 2.21. The number of nitrogens with zero attached hydrogens (tertiary/aromatic N) is 2. The minimum absolute atomic E-state index is 0.126. The lowest BCUT2D eigenvalue weighted by Gasteiger charge is -2.19. The molecule has 0 aromatic carbocycles. The van der Waals surface area contributed by atoms with E-state index in [9.17, 15) is 9.59 Å². The number of nitrogens with one attached hydrogen (secondary N) is 1. The summed E-state index contributed by atoms with van der Waals surface area (Å²) in [6.07, 6.45) is 0.747.